The molecule has 0 aromatic carbocycles. The quantitative estimate of drug-likeness (QED) is 0.637. The molecule has 0 radical (unpaired) electrons. The van der Waals surface area contributed by atoms with Gasteiger partial charge in [0.25, 0.3) is 0 Å². The molecule has 1 unspecified atom stereocenters. The highest BCUT2D eigenvalue weighted by molar-refractivity contribution is 8.00. The smallest absolute Gasteiger partial charge is 0.317 e. The highest BCUT2D eigenvalue weighted by Crippen LogP contribution is 2.34. The van der Waals surface area contributed by atoms with Crippen molar-refractivity contribution in [2.75, 3.05) is 18.8 Å². The van der Waals surface area contributed by atoms with Crippen LogP contribution in [-0.2, 0) is 9.59 Å². The van der Waals surface area contributed by atoms with Gasteiger partial charge in [-0.05, 0) is 43.3 Å². The number of rotatable bonds is 10. The molecule has 2 N–H and O–H groups in total. The van der Waals surface area contributed by atoms with E-state index in [1.54, 1.807) is 11.8 Å². The first kappa shape index (κ1) is 18.6. The fraction of sp³-hybridized carbons (Fsp3) is 0.882. The first-order valence-corrected chi connectivity index (χ1v) is 9.83. The van der Waals surface area contributed by atoms with Crippen LogP contribution in [0.4, 0.5) is 0 Å². The van der Waals surface area contributed by atoms with E-state index in [2.05, 4.69) is 31.0 Å². The molecule has 1 atom stereocenters. The average molecular weight is 343 g/mol. The maximum atomic E-state index is 12.4. The van der Waals surface area contributed by atoms with Crippen LogP contribution in [0.3, 0.4) is 0 Å². The zero-order chi connectivity index (χ0) is 17.0. The summed E-state index contributed by atoms with van der Waals surface area (Å²) in [5.41, 5.74) is 0. The number of nitrogens with one attached hydrogen (secondary N) is 1. The fourth-order valence-corrected chi connectivity index (χ4v) is 4.15. The van der Waals surface area contributed by atoms with E-state index in [1.165, 1.54) is 12.8 Å². The Morgan fingerprint density at radius 3 is 2.43 bits per heavy atom. The number of thioether (sulfide) groups is 1. The maximum Gasteiger partial charge on any atom is 0.317 e. The van der Waals surface area contributed by atoms with Gasteiger partial charge in [0.1, 0.15) is 0 Å². The molecule has 0 aromatic heterocycles. The molecule has 2 rings (SSSR count). The predicted octanol–water partition coefficient (Wildman–Crippen LogP) is 2.21. The number of aliphatic carboxylic acids is 1. The van der Waals surface area contributed by atoms with Crippen LogP contribution in [0, 0.1) is 11.8 Å². The van der Waals surface area contributed by atoms with Crippen LogP contribution >= 0.6 is 11.8 Å². The summed E-state index contributed by atoms with van der Waals surface area (Å²) < 4.78 is 0. The molecule has 132 valence electrons. The van der Waals surface area contributed by atoms with Crippen molar-refractivity contribution < 1.29 is 14.7 Å². The molecule has 1 amide bonds. The Labute approximate surface area is 143 Å². The van der Waals surface area contributed by atoms with Crippen LogP contribution in [-0.4, -0.2) is 58.1 Å². The fourth-order valence-electron chi connectivity index (χ4n) is 3.19. The van der Waals surface area contributed by atoms with Crippen LogP contribution in [0.25, 0.3) is 0 Å². The highest BCUT2D eigenvalue weighted by Gasteiger charge is 2.38. The molecule has 0 bridgehead atoms. The standard InChI is InChI=1S/C17H30N2O3S/c1-4-23-16(11(2)3)17(22)18-13-7-14(8-13)19(10-15(20)21)9-12-5-6-12/h11-14,16H,4-10H2,1-3H3,(H,18,22)(H,20,21). The highest BCUT2D eigenvalue weighted by atomic mass is 32.2. The van der Waals surface area contributed by atoms with Crippen molar-refractivity contribution in [3.05, 3.63) is 0 Å². The van der Waals surface area contributed by atoms with Crippen molar-refractivity contribution in [1.82, 2.24) is 10.2 Å². The lowest BCUT2D eigenvalue weighted by Gasteiger charge is -2.43. The van der Waals surface area contributed by atoms with E-state index in [4.69, 9.17) is 5.11 Å². The Morgan fingerprint density at radius 2 is 1.96 bits per heavy atom. The number of hydrogen-bond donors (Lipinski definition) is 2. The zero-order valence-electron chi connectivity index (χ0n) is 14.5. The molecule has 2 fully saturated rings. The van der Waals surface area contributed by atoms with E-state index in [-0.39, 0.29) is 23.7 Å². The van der Waals surface area contributed by atoms with Gasteiger partial charge in [-0.3, -0.25) is 14.5 Å². The van der Waals surface area contributed by atoms with Gasteiger partial charge in [0.2, 0.25) is 5.91 Å². The van der Waals surface area contributed by atoms with Crippen molar-refractivity contribution >= 4 is 23.6 Å². The number of carbonyl (C=O) groups is 2. The summed E-state index contributed by atoms with van der Waals surface area (Å²) >= 11 is 1.70. The normalized spacial score (nSPS) is 25.3. The van der Waals surface area contributed by atoms with E-state index in [1.807, 2.05) is 0 Å². The molecule has 0 aliphatic heterocycles. The van der Waals surface area contributed by atoms with Gasteiger partial charge in [-0.2, -0.15) is 0 Å². The second kappa shape index (κ2) is 8.38. The molecule has 0 heterocycles. The van der Waals surface area contributed by atoms with Crippen molar-refractivity contribution in [3.63, 3.8) is 0 Å². The molecule has 0 spiro atoms. The van der Waals surface area contributed by atoms with Gasteiger partial charge in [-0.15, -0.1) is 11.8 Å². The summed E-state index contributed by atoms with van der Waals surface area (Å²) in [7, 11) is 0. The number of carboxylic acid groups (broad SMARTS) is 1. The molecule has 0 saturated heterocycles. The Balaban J connectivity index is 1.77. The summed E-state index contributed by atoms with van der Waals surface area (Å²) in [4.78, 5) is 25.5. The molecule has 23 heavy (non-hydrogen) atoms. The Hall–Kier alpha value is -0.750. The molecular formula is C17H30N2O3S. The number of hydrogen-bond acceptors (Lipinski definition) is 4. The minimum absolute atomic E-state index is 0.0145. The van der Waals surface area contributed by atoms with E-state index in [9.17, 15) is 9.59 Å². The van der Waals surface area contributed by atoms with E-state index >= 15 is 0 Å². The molecule has 2 aliphatic carbocycles. The van der Waals surface area contributed by atoms with Crippen molar-refractivity contribution in [1.29, 1.82) is 0 Å². The third-order valence-electron chi connectivity index (χ3n) is 4.71. The van der Waals surface area contributed by atoms with Crippen LogP contribution in [0.2, 0.25) is 0 Å². The molecule has 0 aromatic rings. The minimum Gasteiger partial charge on any atom is -0.480 e. The van der Waals surface area contributed by atoms with E-state index < -0.39 is 5.97 Å². The summed E-state index contributed by atoms with van der Waals surface area (Å²) in [6, 6.07) is 0.523. The molecular weight excluding hydrogens is 312 g/mol. The predicted molar refractivity (Wildman–Crippen MR) is 93.6 cm³/mol. The summed E-state index contributed by atoms with van der Waals surface area (Å²) in [6.45, 7) is 7.27. The lowest BCUT2D eigenvalue weighted by atomic mass is 9.85. The molecule has 2 aliphatic rings. The summed E-state index contributed by atoms with van der Waals surface area (Å²) in [5, 5.41) is 12.2. The van der Waals surface area contributed by atoms with E-state index in [0.717, 1.165) is 25.1 Å². The van der Waals surface area contributed by atoms with Crippen molar-refractivity contribution in [3.8, 4) is 0 Å². The van der Waals surface area contributed by atoms with Crippen LogP contribution in [0.5, 0.6) is 0 Å². The third-order valence-corrected chi connectivity index (χ3v) is 6.16. The largest absolute Gasteiger partial charge is 0.480 e. The Kier molecular flexibility index (Phi) is 6.77. The van der Waals surface area contributed by atoms with Gasteiger partial charge < -0.3 is 10.4 Å². The number of carbonyl (C=O) groups excluding carboxylic acids is 1. The van der Waals surface area contributed by atoms with Gasteiger partial charge >= 0.3 is 5.97 Å². The zero-order valence-corrected chi connectivity index (χ0v) is 15.3. The van der Waals surface area contributed by atoms with Crippen LogP contribution in [0.1, 0.15) is 46.5 Å². The second-order valence-electron chi connectivity index (χ2n) is 7.22. The van der Waals surface area contributed by atoms with Crippen molar-refractivity contribution in [2.45, 2.75) is 63.8 Å². The number of nitrogens with zero attached hydrogens (tertiary/aromatic N) is 1. The van der Waals surface area contributed by atoms with Gasteiger partial charge in [0.05, 0.1) is 11.8 Å². The van der Waals surface area contributed by atoms with Gasteiger partial charge in [0.15, 0.2) is 0 Å². The average Bonchev–Trinajstić information content (AvgIpc) is 3.21. The molecule has 5 nitrogen and oxygen atoms in total. The lowest BCUT2D eigenvalue weighted by Crippen LogP contribution is -2.56. The van der Waals surface area contributed by atoms with Crippen LogP contribution in [0.15, 0.2) is 0 Å². The van der Waals surface area contributed by atoms with E-state index in [0.29, 0.717) is 17.9 Å². The van der Waals surface area contributed by atoms with Gasteiger partial charge in [-0.1, -0.05) is 20.8 Å². The summed E-state index contributed by atoms with van der Waals surface area (Å²) in [6.07, 6.45) is 4.22. The first-order valence-electron chi connectivity index (χ1n) is 8.78. The van der Waals surface area contributed by atoms with Crippen LogP contribution < -0.4 is 5.32 Å². The SMILES string of the molecule is CCSC(C(=O)NC1CC(N(CC(=O)O)CC2CC2)C1)C(C)C. The Bertz CT molecular complexity index is 420. The Morgan fingerprint density at radius 1 is 1.30 bits per heavy atom. The minimum atomic E-state index is -0.752. The number of carboxylic acids is 1. The van der Waals surface area contributed by atoms with Gasteiger partial charge in [0, 0.05) is 18.6 Å². The molecule has 2 saturated carbocycles. The summed E-state index contributed by atoms with van der Waals surface area (Å²) in [5.74, 6) is 1.35. The number of amides is 1. The van der Waals surface area contributed by atoms with Crippen molar-refractivity contribution in [2.24, 2.45) is 11.8 Å². The third kappa shape index (κ3) is 5.68. The monoisotopic (exact) mass is 342 g/mol. The first-order chi connectivity index (χ1) is 10.9. The second-order valence-corrected chi connectivity index (χ2v) is 8.64. The lowest BCUT2D eigenvalue weighted by molar-refractivity contribution is -0.140. The molecule has 6 heteroatoms. The topological polar surface area (TPSA) is 69.6 Å². The van der Waals surface area contributed by atoms with Gasteiger partial charge in [-0.25, -0.2) is 0 Å². The maximum absolute atomic E-state index is 12.4.